The summed E-state index contributed by atoms with van der Waals surface area (Å²) in [6.45, 7) is 0.755. The molecule has 2 rings (SSSR count). The van der Waals surface area contributed by atoms with Gasteiger partial charge in [0.25, 0.3) is 0 Å². The Balaban J connectivity index is 2.23. The molecule has 1 aromatic rings. The number of anilines is 1. The Kier molecular flexibility index (Phi) is 1.83. The second kappa shape index (κ2) is 2.98. The minimum absolute atomic E-state index is 0.273. The van der Waals surface area contributed by atoms with Crippen LogP contribution in [0.4, 0.5) is 5.69 Å². The van der Waals surface area contributed by atoms with E-state index in [4.69, 9.17) is 11.6 Å². The Labute approximate surface area is 74.9 Å². The van der Waals surface area contributed by atoms with Crippen molar-refractivity contribution >= 4 is 17.3 Å². The smallest absolute Gasteiger partial charge is 0.222 e. The summed E-state index contributed by atoms with van der Waals surface area (Å²) < 4.78 is 0. The molecule has 0 radical (unpaired) electrons. The Hall–Kier alpha value is -1.29. The molecular weight excluding hydrogens is 176 g/mol. The molecular formula is C7H7ClN4. The van der Waals surface area contributed by atoms with Gasteiger partial charge in [0.15, 0.2) is 0 Å². The number of halogens is 1. The lowest BCUT2D eigenvalue weighted by Crippen LogP contribution is -2.19. The largest absolute Gasteiger partial charge is 0.372 e. The molecule has 0 aliphatic carbocycles. The molecule has 2 heterocycles. The summed E-state index contributed by atoms with van der Waals surface area (Å²) in [5, 5.41) is 3.32. The number of nitrogens with one attached hydrogen (secondary N) is 1. The van der Waals surface area contributed by atoms with Crippen molar-refractivity contribution in [2.24, 2.45) is 0 Å². The van der Waals surface area contributed by atoms with E-state index in [-0.39, 0.29) is 5.28 Å². The van der Waals surface area contributed by atoms with Gasteiger partial charge in [-0.05, 0) is 11.6 Å². The zero-order valence-electron chi connectivity index (χ0n) is 6.24. The van der Waals surface area contributed by atoms with E-state index in [0.717, 1.165) is 12.4 Å². The minimum atomic E-state index is 0.273. The van der Waals surface area contributed by atoms with Gasteiger partial charge in [-0.1, -0.05) is 0 Å². The fraction of sp³-hybridized carbons (Fsp3) is 0.143. The number of rotatable bonds is 1. The molecule has 62 valence electrons. The quantitative estimate of drug-likeness (QED) is 0.658. The molecule has 4 nitrogen and oxygen atoms in total. The van der Waals surface area contributed by atoms with Crippen LogP contribution in [0.25, 0.3) is 0 Å². The van der Waals surface area contributed by atoms with Crippen molar-refractivity contribution in [1.29, 1.82) is 0 Å². The zero-order chi connectivity index (χ0) is 8.39. The molecule has 5 heteroatoms. The van der Waals surface area contributed by atoms with Crippen molar-refractivity contribution < 1.29 is 0 Å². The van der Waals surface area contributed by atoms with Crippen LogP contribution < -0.4 is 10.2 Å². The van der Waals surface area contributed by atoms with E-state index in [2.05, 4.69) is 15.3 Å². The Bertz CT molecular complexity index is 295. The van der Waals surface area contributed by atoms with Crippen molar-refractivity contribution in [3.05, 3.63) is 30.1 Å². The number of nitrogens with zero attached hydrogens (tertiary/aromatic N) is 3. The SMILES string of the molecule is Clc1ncc(N2C=CNC2)cn1. The van der Waals surface area contributed by atoms with Gasteiger partial charge >= 0.3 is 0 Å². The van der Waals surface area contributed by atoms with Crippen LogP contribution >= 0.6 is 11.6 Å². The lowest BCUT2D eigenvalue weighted by molar-refractivity contribution is 0.893. The van der Waals surface area contributed by atoms with Gasteiger partial charge in [-0.3, -0.25) is 0 Å². The summed E-state index contributed by atoms with van der Waals surface area (Å²) in [6, 6.07) is 0. The topological polar surface area (TPSA) is 41.1 Å². The van der Waals surface area contributed by atoms with Crippen LogP contribution in [-0.4, -0.2) is 16.6 Å². The van der Waals surface area contributed by atoms with E-state index in [1.54, 1.807) is 12.4 Å². The molecule has 12 heavy (non-hydrogen) atoms. The maximum absolute atomic E-state index is 5.54. The molecule has 1 aliphatic heterocycles. The van der Waals surface area contributed by atoms with Crippen LogP contribution in [0.3, 0.4) is 0 Å². The highest BCUT2D eigenvalue weighted by Gasteiger charge is 2.06. The average Bonchev–Trinajstić information content (AvgIpc) is 2.58. The van der Waals surface area contributed by atoms with E-state index >= 15 is 0 Å². The third-order valence-corrected chi connectivity index (χ3v) is 1.77. The Morgan fingerprint density at radius 1 is 1.42 bits per heavy atom. The molecule has 0 saturated heterocycles. The highest BCUT2D eigenvalue weighted by atomic mass is 35.5. The molecule has 0 bridgehead atoms. The van der Waals surface area contributed by atoms with Crippen LogP contribution in [-0.2, 0) is 0 Å². The standard InChI is InChI=1S/C7H7ClN4/c8-7-10-3-6(4-11-7)12-2-1-9-5-12/h1-4,9H,5H2. The molecule has 0 saturated carbocycles. The van der Waals surface area contributed by atoms with Crippen molar-refractivity contribution in [2.75, 3.05) is 11.6 Å². The highest BCUT2D eigenvalue weighted by molar-refractivity contribution is 6.28. The van der Waals surface area contributed by atoms with Crippen LogP contribution in [0, 0.1) is 0 Å². The van der Waals surface area contributed by atoms with Gasteiger partial charge in [0.1, 0.15) is 0 Å². The fourth-order valence-electron chi connectivity index (χ4n) is 0.978. The molecule has 1 N–H and O–H groups in total. The number of aromatic nitrogens is 2. The molecule has 0 fully saturated rings. The molecule has 0 spiro atoms. The van der Waals surface area contributed by atoms with E-state index in [9.17, 15) is 0 Å². The first-order valence-electron chi connectivity index (χ1n) is 3.50. The third-order valence-electron chi connectivity index (χ3n) is 1.57. The van der Waals surface area contributed by atoms with E-state index in [0.29, 0.717) is 0 Å². The molecule has 0 unspecified atom stereocenters. The van der Waals surface area contributed by atoms with E-state index in [1.165, 1.54) is 0 Å². The van der Waals surface area contributed by atoms with E-state index < -0.39 is 0 Å². The molecule has 0 amide bonds. The van der Waals surface area contributed by atoms with Crippen molar-refractivity contribution in [1.82, 2.24) is 15.3 Å². The van der Waals surface area contributed by atoms with Crippen molar-refractivity contribution in [2.45, 2.75) is 0 Å². The van der Waals surface area contributed by atoms with Crippen molar-refractivity contribution in [3.63, 3.8) is 0 Å². The van der Waals surface area contributed by atoms with Gasteiger partial charge in [-0.2, -0.15) is 0 Å². The van der Waals surface area contributed by atoms with Crippen LogP contribution in [0.2, 0.25) is 5.28 Å². The van der Waals surface area contributed by atoms with Crippen molar-refractivity contribution in [3.8, 4) is 0 Å². The highest BCUT2D eigenvalue weighted by Crippen LogP contribution is 2.13. The minimum Gasteiger partial charge on any atom is -0.372 e. The van der Waals surface area contributed by atoms with Gasteiger partial charge in [-0.15, -0.1) is 0 Å². The summed E-state index contributed by atoms with van der Waals surface area (Å²) in [4.78, 5) is 9.73. The van der Waals surface area contributed by atoms with Gasteiger partial charge in [0.2, 0.25) is 5.28 Å². The van der Waals surface area contributed by atoms with Gasteiger partial charge < -0.3 is 10.2 Å². The molecule has 1 aromatic heterocycles. The summed E-state index contributed by atoms with van der Waals surface area (Å²) in [5.41, 5.74) is 0.931. The number of hydrogen-bond donors (Lipinski definition) is 1. The second-order valence-corrected chi connectivity index (χ2v) is 2.70. The second-order valence-electron chi connectivity index (χ2n) is 2.36. The maximum Gasteiger partial charge on any atom is 0.222 e. The average molecular weight is 183 g/mol. The lowest BCUT2D eigenvalue weighted by Gasteiger charge is -2.12. The van der Waals surface area contributed by atoms with Gasteiger partial charge in [0.05, 0.1) is 24.7 Å². The third kappa shape index (κ3) is 1.33. The Morgan fingerprint density at radius 3 is 2.75 bits per heavy atom. The normalized spacial score (nSPS) is 14.9. The first-order chi connectivity index (χ1) is 5.86. The predicted octanol–water partition coefficient (Wildman–Crippen LogP) is 0.968. The Morgan fingerprint density at radius 2 is 2.17 bits per heavy atom. The number of hydrogen-bond acceptors (Lipinski definition) is 4. The molecule has 0 aromatic carbocycles. The summed E-state index contributed by atoms with van der Waals surface area (Å²) in [6.07, 6.45) is 7.17. The monoisotopic (exact) mass is 182 g/mol. The van der Waals surface area contributed by atoms with E-state index in [1.807, 2.05) is 17.3 Å². The summed E-state index contributed by atoms with van der Waals surface area (Å²) in [7, 11) is 0. The zero-order valence-corrected chi connectivity index (χ0v) is 6.99. The van der Waals surface area contributed by atoms with Gasteiger partial charge in [0, 0.05) is 12.4 Å². The van der Waals surface area contributed by atoms with Crippen LogP contribution in [0.1, 0.15) is 0 Å². The summed E-state index contributed by atoms with van der Waals surface area (Å²) >= 11 is 5.54. The first kappa shape index (κ1) is 7.36. The summed E-state index contributed by atoms with van der Waals surface area (Å²) in [5.74, 6) is 0. The van der Waals surface area contributed by atoms with Crippen LogP contribution in [0.5, 0.6) is 0 Å². The van der Waals surface area contributed by atoms with Crippen LogP contribution in [0.15, 0.2) is 24.8 Å². The maximum atomic E-state index is 5.54. The first-order valence-corrected chi connectivity index (χ1v) is 3.88. The predicted molar refractivity (Wildman–Crippen MR) is 46.7 cm³/mol. The van der Waals surface area contributed by atoms with Gasteiger partial charge in [-0.25, -0.2) is 9.97 Å². The fourth-order valence-corrected chi connectivity index (χ4v) is 1.08. The molecule has 0 atom stereocenters. The molecule has 1 aliphatic rings. The lowest BCUT2D eigenvalue weighted by atomic mass is 10.5.